The van der Waals surface area contributed by atoms with Gasteiger partial charge in [0.05, 0.1) is 11.9 Å². The molecule has 107 heavy (non-hydrogen) atoms. The summed E-state index contributed by atoms with van der Waals surface area (Å²) in [5.41, 5.74) is 0. The predicted octanol–water partition coefficient (Wildman–Crippen LogP) is 32.1. The molecule has 0 amide bonds. The van der Waals surface area contributed by atoms with Gasteiger partial charge in [0, 0.05) is 12.1 Å². The van der Waals surface area contributed by atoms with Crippen molar-refractivity contribution in [2.45, 2.75) is 606 Å². The summed E-state index contributed by atoms with van der Waals surface area (Å²) in [6.45, 7) is 17.2. The summed E-state index contributed by atoms with van der Waals surface area (Å²) in [6, 6.07) is -0.786. The molecule has 0 saturated carbocycles. The van der Waals surface area contributed by atoms with Gasteiger partial charge in [-0.15, -0.1) is 0 Å². The van der Waals surface area contributed by atoms with Crippen molar-refractivity contribution in [3.05, 3.63) is 0 Å². The van der Waals surface area contributed by atoms with E-state index in [1.807, 2.05) is 0 Å². The maximum Gasteiger partial charge on any atom is 2.00 e. The van der Waals surface area contributed by atoms with E-state index in [9.17, 15) is 19.8 Å². The van der Waals surface area contributed by atoms with E-state index < -0.39 is 24.0 Å². The molecule has 0 N–H and O–H groups in total. The van der Waals surface area contributed by atoms with Crippen molar-refractivity contribution in [1.82, 2.24) is 9.80 Å². The fourth-order valence-electron chi connectivity index (χ4n) is 16.8. The third kappa shape index (κ3) is 91.5. The summed E-state index contributed by atoms with van der Waals surface area (Å²) < 4.78 is 0. The van der Waals surface area contributed by atoms with Crippen LogP contribution in [0.25, 0.3) is 0 Å². The van der Waals surface area contributed by atoms with Crippen LogP contribution >= 0.6 is 0 Å². The Morgan fingerprint density at radius 1 is 0.168 bits per heavy atom. The SMILES string of the molecule is CCCCCCCCCCCCCCCCCCCCCCN(CCCCCCCCCCCCCCCCCCCCCC)C(CCCC)C(=O)[O-].CCCCCCCCCCCCCCCCCCCCCCN(CCCCCCCCCCCCCCCCCCCCCC)C(CCCC)C(=O)[O-].[Ca+2]. The summed E-state index contributed by atoms with van der Waals surface area (Å²) in [5, 5.41) is 24.2. The Morgan fingerprint density at radius 3 is 0.355 bits per heavy atom. The molecule has 0 aliphatic rings. The molecule has 0 aliphatic heterocycles. The number of carboxylic acid groups (broad SMARTS) is 2. The molecule has 0 saturated heterocycles. The molecule has 7 heteroatoms. The van der Waals surface area contributed by atoms with Crippen LogP contribution in [0.5, 0.6) is 0 Å². The number of aliphatic carboxylic acids is 2. The van der Waals surface area contributed by atoms with Gasteiger partial charge < -0.3 is 19.8 Å². The minimum absolute atomic E-state index is 0. The van der Waals surface area contributed by atoms with Crippen LogP contribution in [0.1, 0.15) is 594 Å². The first-order valence-electron chi connectivity index (χ1n) is 50.2. The summed E-state index contributed by atoms with van der Waals surface area (Å²) >= 11 is 0. The monoisotopic (exact) mass is 1530 g/mol. The Kier molecular flexibility index (Phi) is 104. The Balaban J connectivity index is -0.00000200. The Bertz CT molecular complexity index is 1390. The van der Waals surface area contributed by atoms with E-state index in [0.717, 1.165) is 90.4 Å². The summed E-state index contributed by atoms with van der Waals surface area (Å²) in [7, 11) is 0. The number of carbonyl (C=O) groups excluding carboxylic acids is 2. The Hall–Kier alpha value is 0.120. The number of nitrogens with zero attached hydrogens (tertiary/aromatic N) is 2. The van der Waals surface area contributed by atoms with Crippen LogP contribution in [0.3, 0.4) is 0 Å². The van der Waals surface area contributed by atoms with Gasteiger partial charge in [-0.2, -0.15) is 0 Å². The normalized spacial score (nSPS) is 12.2. The van der Waals surface area contributed by atoms with Gasteiger partial charge in [0.1, 0.15) is 0 Å². The molecule has 0 heterocycles. The summed E-state index contributed by atoms with van der Waals surface area (Å²) in [6.07, 6.45) is 117. The Labute approximate surface area is 705 Å². The first-order chi connectivity index (χ1) is 52.3. The molecule has 6 nitrogen and oxygen atoms in total. The van der Waals surface area contributed by atoms with E-state index >= 15 is 0 Å². The number of hydrogen-bond donors (Lipinski definition) is 0. The van der Waals surface area contributed by atoms with Gasteiger partial charge in [0.25, 0.3) is 0 Å². The molecule has 0 aromatic rings. The van der Waals surface area contributed by atoms with Gasteiger partial charge in [-0.3, -0.25) is 9.80 Å². The van der Waals surface area contributed by atoms with Crippen molar-refractivity contribution in [3.8, 4) is 0 Å². The van der Waals surface area contributed by atoms with Crippen LogP contribution in [-0.2, 0) is 9.59 Å². The molecule has 0 aromatic carbocycles. The zero-order chi connectivity index (χ0) is 77.1. The minimum Gasteiger partial charge on any atom is -0.548 e. The van der Waals surface area contributed by atoms with Crippen molar-refractivity contribution in [1.29, 1.82) is 0 Å². The molecule has 0 spiro atoms. The van der Waals surface area contributed by atoms with Crippen LogP contribution in [0, 0.1) is 0 Å². The first-order valence-corrected chi connectivity index (χ1v) is 50.2. The fourth-order valence-corrected chi connectivity index (χ4v) is 16.8. The maximum absolute atomic E-state index is 12.1. The zero-order valence-electron chi connectivity index (χ0n) is 75.0. The fraction of sp³-hybridized carbons (Fsp3) is 0.980. The van der Waals surface area contributed by atoms with E-state index in [1.54, 1.807) is 0 Å². The topological polar surface area (TPSA) is 86.7 Å². The van der Waals surface area contributed by atoms with E-state index in [-0.39, 0.29) is 37.7 Å². The van der Waals surface area contributed by atoms with Gasteiger partial charge >= 0.3 is 37.7 Å². The van der Waals surface area contributed by atoms with Gasteiger partial charge in [-0.05, 0) is 64.7 Å². The molecule has 0 aliphatic carbocycles. The van der Waals surface area contributed by atoms with Gasteiger partial charge in [0.2, 0.25) is 0 Å². The number of unbranched alkanes of at least 4 members (excludes halogenated alkanes) is 78. The standard InChI is InChI=1S/2C50H101NO2.Ca/c2*1-4-7-10-12-14-16-18-20-22-24-26-28-30-32-34-36-38-40-42-44-47-51(49(50(52)53)46-9-6-3)48-45-43-41-39-37-35-33-31-29-27-25-23-21-19-17-15-13-11-8-5-2;/h2*49H,4-48H2,1-3H3,(H,52,53);/q;;+2/p-2. The van der Waals surface area contributed by atoms with Crippen LogP contribution < -0.4 is 10.2 Å². The van der Waals surface area contributed by atoms with Crippen LogP contribution in [0.4, 0.5) is 0 Å². The van der Waals surface area contributed by atoms with E-state index in [1.165, 1.54) is 488 Å². The number of hydrogen-bond acceptors (Lipinski definition) is 6. The predicted molar refractivity (Wildman–Crippen MR) is 478 cm³/mol. The average molecular weight is 1530 g/mol. The average Bonchev–Trinajstić information content (AvgIpc) is 0.909. The molecular formula is C100H200CaN2O4. The number of carbonyl (C=O) groups is 2. The van der Waals surface area contributed by atoms with Crippen molar-refractivity contribution < 1.29 is 19.8 Å². The van der Waals surface area contributed by atoms with E-state index in [2.05, 4.69) is 51.3 Å². The molecular weight excluding hydrogens is 1330 g/mol. The van der Waals surface area contributed by atoms with Gasteiger partial charge in [0.15, 0.2) is 0 Å². The summed E-state index contributed by atoms with van der Waals surface area (Å²) in [5.74, 6) is -1.69. The molecule has 0 radical (unpaired) electrons. The second-order valence-corrected chi connectivity index (χ2v) is 34.9. The minimum atomic E-state index is -0.847. The quantitative estimate of drug-likeness (QED) is 0.0445. The van der Waals surface area contributed by atoms with E-state index in [4.69, 9.17) is 0 Å². The molecule has 2 unspecified atom stereocenters. The maximum atomic E-state index is 12.1. The van der Waals surface area contributed by atoms with E-state index in [0.29, 0.717) is 0 Å². The molecule has 0 rings (SSSR count). The molecule has 636 valence electrons. The smallest absolute Gasteiger partial charge is 0.548 e. The van der Waals surface area contributed by atoms with Crippen molar-refractivity contribution in [2.75, 3.05) is 26.2 Å². The molecule has 0 aromatic heterocycles. The third-order valence-electron chi connectivity index (χ3n) is 24.3. The van der Waals surface area contributed by atoms with Crippen molar-refractivity contribution in [2.24, 2.45) is 0 Å². The van der Waals surface area contributed by atoms with Gasteiger partial charge in [-0.25, -0.2) is 0 Å². The number of rotatable bonds is 94. The molecule has 0 bridgehead atoms. The van der Waals surface area contributed by atoms with Crippen LogP contribution in [0.2, 0.25) is 0 Å². The number of carboxylic acids is 2. The first kappa shape index (κ1) is 111. The van der Waals surface area contributed by atoms with Crippen molar-refractivity contribution >= 4 is 49.7 Å². The van der Waals surface area contributed by atoms with Crippen LogP contribution in [-0.4, -0.2) is 97.7 Å². The largest absolute Gasteiger partial charge is 2.00 e. The van der Waals surface area contributed by atoms with Gasteiger partial charge in [-0.1, -0.05) is 555 Å². The third-order valence-corrected chi connectivity index (χ3v) is 24.3. The zero-order valence-corrected chi connectivity index (χ0v) is 77.2. The molecule has 2 atom stereocenters. The second kappa shape index (κ2) is 100. The summed E-state index contributed by atoms with van der Waals surface area (Å²) in [4.78, 5) is 28.8. The Morgan fingerprint density at radius 2 is 0.262 bits per heavy atom. The molecule has 0 fully saturated rings. The second-order valence-electron chi connectivity index (χ2n) is 34.9. The van der Waals surface area contributed by atoms with Crippen molar-refractivity contribution in [3.63, 3.8) is 0 Å². The van der Waals surface area contributed by atoms with Crippen LogP contribution in [0.15, 0.2) is 0 Å².